The van der Waals surface area contributed by atoms with Crippen molar-refractivity contribution in [3.05, 3.63) is 52.0 Å². The van der Waals surface area contributed by atoms with E-state index in [0.717, 1.165) is 0 Å². The molecule has 0 saturated carbocycles. The van der Waals surface area contributed by atoms with Crippen LogP contribution in [0.15, 0.2) is 41.3 Å². The van der Waals surface area contributed by atoms with Crippen LogP contribution in [0, 0.1) is 0 Å². The van der Waals surface area contributed by atoms with Gasteiger partial charge in [0.2, 0.25) is 10.0 Å². The van der Waals surface area contributed by atoms with Gasteiger partial charge in [0, 0.05) is 25.3 Å². The first-order valence-corrected chi connectivity index (χ1v) is 10.5. The number of anilines is 1. The molecule has 0 atom stereocenters. The Morgan fingerprint density at radius 1 is 1.11 bits per heavy atom. The van der Waals surface area contributed by atoms with Crippen molar-refractivity contribution in [1.82, 2.24) is 4.72 Å². The van der Waals surface area contributed by atoms with Crippen molar-refractivity contribution in [3.63, 3.8) is 0 Å². The average Bonchev–Trinajstić information content (AvgIpc) is 2.65. The fourth-order valence-corrected chi connectivity index (χ4v) is 3.92. The van der Waals surface area contributed by atoms with Gasteiger partial charge in [0.25, 0.3) is 5.91 Å². The quantitative estimate of drug-likeness (QED) is 0.574. The number of ether oxygens (including phenoxy) is 2. The van der Waals surface area contributed by atoms with Gasteiger partial charge in [0.05, 0.1) is 28.3 Å². The minimum atomic E-state index is -3.76. The van der Waals surface area contributed by atoms with Crippen molar-refractivity contribution < 1.29 is 22.7 Å². The van der Waals surface area contributed by atoms with E-state index in [1.54, 1.807) is 7.11 Å². The molecule has 0 fully saturated rings. The first kappa shape index (κ1) is 22.4. The molecule has 0 spiro atoms. The van der Waals surface area contributed by atoms with Gasteiger partial charge in [-0.15, -0.1) is 0 Å². The van der Waals surface area contributed by atoms with Crippen LogP contribution in [0.3, 0.4) is 0 Å². The summed E-state index contributed by atoms with van der Waals surface area (Å²) in [7, 11) is -0.803. The molecule has 2 rings (SSSR count). The van der Waals surface area contributed by atoms with Crippen LogP contribution in [0.1, 0.15) is 16.8 Å². The summed E-state index contributed by atoms with van der Waals surface area (Å²) in [5.41, 5.74) is 0.386. The Hall–Kier alpha value is -1.84. The summed E-state index contributed by atoms with van der Waals surface area (Å²) in [5, 5.41) is 3.19. The molecule has 10 heteroatoms. The third kappa shape index (κ3) is 5.83. The molecule has 7 nitrogen and oxygen atoms in total. The number of hydrogen-bond donors (Lipinski definition) is 2. The normalized spacial score (nSPS) is 11.3. The molecule has 0 aliphatic heterocycles. The third-order valence-corrected chi connectivity index (χ3v) is 5.73. The predicted molar refractivity (Wildman–Crippen MR) is 109 cm³/mol. The lowest BCUT2D eigenvalue weighted by Crippen LogP contribution is -2.25. The van der Waals surface area contributed by atoms with E-state index >= 15 is 0 Å². The fraction of sp³-hybridized carbons (Fsp3) is 0.278. The SMILES string of the molecule is COCCCNS(=O)(=O)c1ccc(OC)c(NC(=O)c2ccc(Cl)cc2Cl)c1. The third-order valence-electron chi connectivity index (χ3n) is 3.72. The first-order valence-electron chi connectivity index (χ1n) is 8.21. The fourth-order valence-electron chi connectivity index (χ4n) is 2.32. The molecule has 2 N–H and O–H groups in total. The van der Waals surface area contributed by atoms with Gasteiger partial charge in [-0.05, 0) is 42.8 Å². The summed E-state index contributed by atoms with van der Waals surface area (Å²) in [6.45, 7) is 0.665. The highest BCUT2D eigenvalue weighted by Gasteiger charge is 2.18. The molecule has 0 aliphatic carbocycles. The molecule has 28 heavy (non-hydrogen) atoms. The summed E-state index contributed by atoms with van der Waals surface area (Å²) >= 11 is 11.9. The zero-order valence-corrected chi connectivity index (χ0v) is 17.6. The Morgan fingerprint density at radius 3 is 2.50 bits per heavy atom. The van der Waals surface area contributed by atoms with Gasteiger partial charge in [-0.1, -0.05) is 23.2 Å². The Labute approximate surface area is 174 Å². The number of carbonyl (C=O) groups excluding carboxylic acids is 1. The van der Waals surface area contributed by atoms with Crippen molar-refractivity contribution in [2.45, 2.75) is 11.3 Å². The second-order valence-corrected chi connectivity index (χ2v) is 8.30. The highest BCUT2D eigenvalue weighted by molar-refractivity contribution is 7.89. The van der Waals surface area contributed by atoms with Crippen LogP contribution in [-0.2, 0) is 14.8 Å². The summed E-state index contributed by atoms with van der Waals surface area (Å²) in [5.74, 6) is -0.223. The van der Waals surface area contributed by atoms with Gasteiger partial charge < -0.3 is 14.8 Å². The second-order valence-electron chi connectivity index (χ2n) is 5.68. The van der Waals surface area contributed by atoms with E-state index in [1.165, 1.54) is 43.5 Å². The zero-order chi connectivity index (χ0) is 20.7. The molecule has 0 heterocycles. The molecule has 2 aromatic rings. The molecule has 2 aromatic carbocycles. The van der Waals surface area contributed by atoms with Crippen LogP contribution in [0.5, 0.6) is 5.75 Å². The minimum absolute atomic E-state index is 0.0109. The smallest absolute Gasteiger partial charge is 0.257 e. The lowest BCUT2D eigenvalue weighted by Gasteiger charge is -2.13. The van der Waals surface area contributed by atoms with Crippen LogP contribution in [0.25, 0.3) is 0 Å². The number of benzene rings is 2. The highest BCUT2D eigenvalue weighted by atomic mass is 35.5. The van der Waals surface area contributed by atoms with E-state index in [-0.39, 0.29) is 27.7 Å². The molecular formula is C18H20Cl2N2O5S. The monoisotopic (exact) mass is 446 g/mol. The molecule has 0 bridgehead atoms. The molecule has 0 aromatic heterocycles. The molecule has 152 valence electrons. The Bertz CT molecular complexity index is 951. The van der Waals surface area contributed by atoms with E-state index in [0.29, 0.717) is 23.8 Å². The average molecular weight is 447 g/mol. The molecule has 0 saturated heterocycles. The minimum Gasteiger partial charge on any atom is -0.495 e. The van der Waals surface area contributed by atoms with Gasteiger partial charge in [0.1, 0.15) is 5.75 Å². The van der Waals surface area contributed by atoms with E-state index in [4.69, 9.17) is 32.7 Å². The van der Waals surface area contributed by atoms with Gasteiger partial charge in [-0.2, -0.15) is 0 Å². The largest absolute Gasteiger partial charge is 0.495 e. The Kier molecular flexibility index (Phi) is 8.09. The number of rotatable bonds is 9. The van der Waals surface area contributed by atoms with Crippen LogP contribution in [0.4, 0.5) is 5.69 Å². The maximum absolute atomic E-state index is 12.5. The summed E-state index contributed by atoms with van der Waals surface area (Å²) in [6, 6.07) is 8.62. The topological polar surface area (TPSA) is 93.7 Å². The number of amides is 1. The first-order chi connectivity index (χ1) is 13.3. The van der Waals surface area contributed by atoms with Crippen molar-refractivity contribution in [1.29, 1.82) is 0 Å². The van der Waals surface area contributed by atoms with E-state index in [2.05, 4.69) is 10.0 Å². The summed E-state index contributed by atoms with van der Waals surface area (Å²) in [4.78, 5) is 12.5. The Balaban J connectivity index is 2.26. The number of carbonyl (C=O) groups is 1. The van der Waals surface area contributed by atoms with Crippen molar-refractivity contribution in [3.8, 4) is 5.75 Å². The van der Waals surface area contributed by atoms with Crippen molar-refractivity contribution in [2.75, 3.05) is 32.7 Å². The van der Waals surface area contributed by atoms with Gasteiger partial charge in [0.15, 0.2) is 0 Å². The highest BCUT2D eigenvalue weighted by Crippen LogP contribution is 2.29. The lowest BCUT2D eigenvalue weighted by molar-refractivity contribution is 0.102. The molecule has 1 amide bonds. The van der Waals surface area contributed by atoms with Crippen LogP contribution < -0.4 is 14.8 Å². The van der Waals surface area contributed by atoms with Crippen LogP contribution in [0.2, 0.25) is 10.0 Å². The van der Waals surface area contributed by atoms with E-state index in [1.807, 2.05) is 0 Å². The van der Waals surface area contributed by atoms with Gasteiger partial charge in [-0.25, -0.2) is 13.1 Å². The van der Waals surface area contributed by atoms with Gasteiger partial charge >= 0.3 is 0 Å². The van der Waals surface area contributed by atoms with Crippen LogP contribution in [-0.4, -0.2) is 41.7 Å². The predicted octanol–water partition coefficient (Wildman–Crippen LogP) is 3.57. The molecule has 0 aliphatic rings. The van der Waals surface area contributed by atoms with Crippen molar-refractivity contribution in [2.24, 2.45) is 0 Å². The maximum atomic E-state index is 12.5. The van der Waals surface area contributed by atoms with E-state index in [9.17, 15) is 13.2 Å². The summed E-state index contributed by atoms with van der Waals surface area (Å²) in [6.07, 6.45) is 0.532. The van der Waals surface area contributed by atoms with Crippen molar-refractivity contribution >= 4 is 44.8 Å². The Morgan fingerprint density at radius 2 is 1.86 bits per heavy atom. The molecule has 0 radical (unpaired) electrons. The maximum Gasteiger partial charge on any atom is 0.257 e. The standard InChI is InChI=1S/C18H20Cl2N2O5S/c1-26-9-3-8-21-28(24,25)13-5-7-17(27-2)16(11-13)22-18(23)14-6-4-12(19)10-15(14)20/h4-7,10-11,21H,3,8-9H2,1-2H3,(H,22,23). The second kappa shape index (κ2) is 10.1. The van der Waals surface area contributed by atoms with Gasteiger partial charge in [-0.3, -0.25) is 4.79 Å². The number of methoxy groups -OCH3 is 2. The molecular weight excluding hydrogens is 427 g/mol. The van der Waals surface area contributed by atoms with Crippen LogP contribution >= 0.6 is 23.2 Å². The number of halogens is 2. The number of hydrogen-bond acceptors (Lipinski definition) is 5. The summed E-state index contributed by atoms with van der Waals surface area (Å²) < 4.78 is 37.5. The lowest BCUT2D eigenvalue weighted by atomic mass is 10.2. The zero-order valence-electron chi connectivity index (χ0n) is 15.3. The number of sulfonamides is 1. The molecule has 0 unspecified atom stereocenters. The van der Waals surface area contributed by atoms with E-state index < -0.39 is 15.9 Å². The number of nitrogens with one attached hydrogen (secondary N) is 2.